The largest absolute Gasteiger partial charge is 0.268 e. The number of nitrogens with one attached hydrogen (secondary N) is 1. The van der Waals surface area contributed by atoms with Crippen molar-refractivity contribution >= 4 is 22.0 Å². The van der Waals surface area contributed by atoms with Crippen molar-refractivity contribution in [3.63, 3.8) is 0 Å². The van der Waals surface area contributed by atoms with E-state index in [0.717, 1.165) is 5.56 Å². The summed E-state index contributed by atoms with van der Waals surface area (Å²) in [6, 6.07) is 9.32. The number of benzene rings is 1. The first kappa shape index (κ1) is 14.8. The topological polar surface area (TPSA) is 79.9 Å². The standard InChI is InChI=1S/C15H12N2O3S/c1-2-11-21(19,20)14-8-4-12(5-9-14)3-6-13-7-10-15(18)17-16-13/h1,3-10H,11H2,(H,17,18)/b6-3+. The number of hydrogen-bond donors (Lipinski definition) is 1. The normalized spacial score (nSPS) is 11.4. The van der Waals surface area contributed by atoms with Crippen LogP contribution in [0, 0.1) is 12.3 Å². The van der Waals surface area contributed by atoms with Gasteiger partial charge in [0.1, 0.15) is 5.75 Å². The van der Waals surface area contributed by atoms with Gasteiger partial charge in [-0.1, -0.05) is 24.1 Å². The molecule has 0 saturated heterocycles. The molecule has 0 aliphatic heterocycles. The molecule has 1 aromatic heterocycles. The van der Waals surface area contributed by atoms with E-state index in [1.807, 2.05) is 0 Å². The first-order chi connectivity index (χ1) is 10.0. The van der Waals surface area contributed by atoms with Crippen molar-refractivity contribution in [2.75, 3.05) is 5.75 Å². The average Bonchev–Trinajstić information content (AvgIpc) is 2.47. The molecule has 0 unspecified atom stereocenters. The highest BCUT2D eigenvalue weighted by atomic mass is 32.2. The third-order valence-electron chi connectivity index (χ3n) is 2.66. The molecule has 1 N–H and O–H groups in total. The second-order valence-corrected chi connectivity index (χ2v) is 6.20. The van der Waals surface area contributed by atoms with Gasteiger partial charge in [-0.25, -0.2) is 13.5 Å². The second kappa shape index (κ2) is 6.20. The molecular weight excluding hydrogens is 288 g/mol. The summed E-state index contributed by atoms with van der Waals surface area (Å²) in [4.78, 5) is 11.1. The summed E-state index contributed by atoms with van der Waals surface area (Å²) < 4.78 is 23.5. The third kappa shape index (κ3) is 3.91. The van der Waals surface area contributed by atoms with Crippen LogP contribution in [0.1, 0.15) is 11.3 Å². The first-order valence-corrected chi connectivity index (χ1v) is 7.66. The number of rotatable bonds is 4. The van der Waals surface area contributed by atoms with Crippen molar-refractivity contribution in [2.45, 2.75) is 4.90 Å². The maximum Gasteiger partial charge on any atom is 0.264 e. The van der Waals surface area contributed by atoms with Gasteiger partial charge in [-0.05, 0) is 29.8 Å². The Hall–Kier alpha value is -2.65. The Morgan fingerprint density at radius 3 is 2.43 bits per heavy atom. The predicted octanol–water partition coefficient (Wildman–Crippen LogP) is 1.35. The number of nitrogens with zero attached hydrogens (tertiary/aromatic N) is 1. The van der Waals surface area contributed by atoms with Crippen LogP contribution in [0.5, 0.6) is 0 Å². The summed E-state index contributed by atoms with van der Waals surface area (Å²) in [5.41, 5.74) is 1.14. The van der Waals surface area contributed by atoms with Gasteiger partial charge in [0.2, 0.25) is 0 Å². The van der Waals surface area contributed by atoms with Gasteiger partial charge in [0.25, 0.3) is 5.56 Å². The van der Waals surface area contributed by atoms with Crippen LogP contribution >= 0.6 is 0 Å². The van der Waals surface area contributed by atoms with E-state index < -0.39 is 9.84 Å². The van der Waals surface area contributed by atoms with Crippen molar-refractivity contribution in [3.05, 3.63) is 58.0 Å². The molecule has 0 fully saturated rings. The van der Waals surface area contributed by atoms with Crippen LogP contribution in [0.4, 0.5) is 0 Å². The van der Waals surface area contributed by atoms with E-state index in [9.17, 15) is 13.2 Å². The average molecular weight is 300 g/mol. The fourth-order valence-corrected chi connectivity index (χ4v) is 2.55. The Kier molecular flexibility index (Phi) is 4.36. The van der Waals surface area contributed by atoms with Crippen LogP contribution in [-0.4, -0.2) is 24.4 Å². The van der Waals surface area contributed by atoms with Gasteiger partial charge in [-0.2, -0.15) is 5.10 Å². The lowest BCUT2D eigenvalue weighted by Gasteiger charge is -2.01. The number of aromatic nitrogens is 2. The van der Waals surface area contributed by atoms with Crippen LogP contribution < -0.4 is 5.56 Å². The van der Waals surface area contributed by atoms with Crippen molar-refractivity contribution in [3.8, 4) is 12.3 Å². The van der Waals surface area contributed by atoms with Gasteiger partial charge in [0.05, 0.1) is 10.6 Å². The van der Waals surface area contributed by atoms with Crippen molar-refractivity contribution in [1.29, 1.82) is 0 Å². The van der Waals surface area contributed by atoms with Crippen LogP contribution in [0.15, 0.2) is 46.1 Å². The molecule has 0 atom stereocenters. The maximum atomic E-state index is 11.8. The van der Waals surface area contributed by atoms with Gasteiger partial charge in [-0.3, -0.25) is 4.79 Å². The smallest absolute Gasteiger partial charge is 0.264 e. The number of H-pyrrole nitrogens is 1. The minimum Gasteiger partial charge on any atom is -0.268 e. The summed E-state index contributed by atoms with van der Waals surface area (Å²) in [7, 11) is -3.41. The van der Waals surface area contributed by atoms with Gasteiger partial charge in [0.15, 0.2) is 9.84 Å². The number of hydrogen-bond acceptors (Lipinski definition) is 4. The van der Waals surface area contributed by atoms with Gasteiger partial charge < -0.3 is 0 Å². The zero-order valence-electron chi connectivity index (χ0n) is 11.0. The van der Waals surface area contributed by atoms with E-state index >= 15 is 0 Å². The molecule has 0 aliphatic carbocycles. The minimum atomic E-state index is -3.41. The molecule has 0 spiro atoms. The molecule has 0 bridgehead atoms. The zero-order valence-corrected chi connectivity index (χ0v) is 11.8. The van der Waals surface area contributed by atoms with E-state index in [0.29, 0.717) is 5.69 Å². The summed E-state index contributed by atoms with van der Waals surface area (Å²) in [6.45, 7) is 0. The Morgan fingerprint density at radius 1 is 1.14 bits per heavy atom. The van der Waals surface area contributed by atoms with E-state index in [1.54, 1.807) is 30.4 Å². The molecule has 21 heavy (non-hydrogen) atoms. The zero-order chi connectivity index (χ0) is 15.3. The van der Waals surface area contributed by atoms with E-state index in [-0.39, 0.29) is 16.2 Å². The van der Waals surface area contributed by atoms with Crippen LogP contribution in [0.25, 0.3) is 12.2 Å². The molecule has 2 aromatic rings. The number of sulfone groups is 1. The number of terminal acetylenes is 1. The van der Waals surface area contributed by atoms with E-state index in [1.165, 1.54) is 18.2 Å². The monoisotopic (exact) mass is 300 g/mol. The molecule has 5 nitrogen and oxygen atoms in total. The quantitative estimate of drug-likeness (QED) is 0.864. The maximum absolute atomic E-state index is 11.8. The molecular formula is C15H12N2O3S. The molecule has 1 heterocycles. The Labute approximate surface area is 122 Å². The van der Waals surface area contributed by atoms with E-state index in [4.69, 9.17) is 6.42 Å². The van der Waals surface area contributed by atoms with Crippen molar-refractivity contribution in [2.24, 2.45) is 0 Å². The lowest BCUT2D eigenvalue weighted by atomic mass is 10.2. The van der Waals surface area contributed by atoms with Crippen LogP contribution in [0.2, 0.25) is 0 Å². The fraction of sp³-hybridized carbons (Fsp3) is 0.0667. The SMILES string of the molecule is C#CCS(=O)(=O)c1ccc(/C=C/c2ccc(=O)[nH]n2)cc1. The summed E-state index contributed by atoms with van der Waals surface area (Å²) in [5, 5.41) is 6.16. The predicted molar refractivity (Wildman–Crippen MR) is 81.1 cm³/mol. The van der Waals surface area contributed by atoms with E-state index in [2.05, 4.69) is 16.1 Å². The fourth-order valence-electron chi connectivity index (χ4n) is 1.61. The van der Waals surface area contributed by atoms with Crippen LogP contribution in [-0.2, 0) is 9.84 Å². The first-order valence-electron chi connectivity index (χ1n) is 6.01. The second-order valence-electron chi connectivity index (χ2n) is 4.21. The Balaban J connectivity index is 2.18. The summed E-state index contributed by atoms with van der Waals surface area (Å²) in [5.74, 6) is 1.82. The summed E-state index contributed by atoms with van der Waals surface area (Å²) in [6.07, 6.45) is 8.50. The molecule has 2 rings (SSSR count). The number of aromatic amines is 1. The molecule has 1 aromatic carbocycles. The molecule has 106 valence electrons. The molecule has 0 amide bonds. The summed E-state index contributed by atoms with van der Waals surface area (Å²) >= 11 is 0. The Bertz CT molecular complexity index is 837. The molecule has 0 aliphatic rings. The molecule has 6 heteroatoms. The van der Waals surface area contributed by atoms with Crippen molar-refractivity contribution in [1.82, 2.24) is 10.2 Å². The molecule has 0 saturated carbocycles. The van der Waals surface area contributed by atoms with Gasteiger partial charge >= 0.3 is 0 Å². The van der Waals surface area contributed by atoms with Crippen LogP contribution in [0.3, 0.4) is 0 Å². The lowest BCUT2D eigenvalue weighted by molar-refractivity contribution is 0.599. The molecule has 0 radical (unpaired) electrons. The minimum absolute atomic E-state index is 0.194. The highest BCUT2D eigenvalue weighted by Gasteiger charge is 2.11. The highest BCUT2D eigenvalue weighted by molar-refractivity contribution is 7.91. The van der Waals surface area contributed by atoms with Crippen molar-refractivity contribution < 1.29 is 8.42 Å². The Morgan fingerprint density at radius 2 is 1.86 bits per heavy atom. The highest BCUT2D eigenvalue weighted by Crippen LogP contribution is 2.13. The van der Waals surface area contributed by atoms with Gasteiger partial charge in [0, 0.05) is 6.07 Å². The third-order valence-corrected chi connectivity index (χ3v) is 4.20. The van der Waals surface area contributed by atoms with Gasteiger partial charge in [-0.15, -0.1) is 6.42 Å². The lowest BCUT2D eigenvalue weighted by Crippen LogP contribution is -2.05.